The van der Waals surface area contributed by atoms with E-state index in [0.717, 1.165) is 49.2 Å². The van der Waals surface area contributed by atoms with Crippen molar-refractivity contribution in [1.82, 2.24) is 9.55 Å². The summed E-state index contributed by atoms with van der Waals surface area (Å²) in [6.07, 6.45) is 6.36. The topological polar surface area (TPSA) is 126 Å². The van der Waals surface area contributed by atoms with E-state index >= 15 is 0 Å². The lowest BCUT2D eigenvalue weighted by Gasteiger charge is -2.35. The maximum atomic E-state index is 13.6. The molecule has 196 valence electrons. The predicted octanol–water partition coefficient (Wildman–Crippen LogP) is 2.93. The highest BCUT2D eigenvalue weighted by Crippen LogP contribution is 2.54. The van der Waals surface area contributed by atoms with Crippen molar-refractivity contribution in [2.45, 2.75) is 38.8 Å². The molecule has 1 aromatic carbocycles. The van der Waals surface area contributed by atoms with E-state index in [1.165, 1.54) is 12.8 Å². The van der Waals surface area contributed by atoms with E-state index in [2.05, 4.69) is 24.5 Å². The number of hydrogen-bond acceptors (Lipinski definition) is 7. The van der Waals surface area contributed by atoms with Crippen LogP contribution in [0.1, 0.15) is 41.7 Å². The molecule has 2 fully saturated rings. The summed E-state index contributed by atoms with van der Waals surface area (Å²) in [6, 6.07) is 8.79. The summed E-state index contributed by atoms with van der Waals surface area (Å²) in [5.74, 6) is -0.652. The largest absolute Gasteiger partial charge is 0.395 e. The van der Waals surface area contributed by atoms with Gasteiger partial charge in [-0.15, -0.1) is 0 Å². The van der Waals surface area contributed by atoms with Gasteiger partial charge in [-0.05, 0) is 61.4 Å². The fourth-order valence-electron chi connectivity index (χ4n) is 5.50. The summed E-state index contributed by atoms with van der Waals surface area (Å²) in [4.78, 5) is 20.4. The van der Waals surface area contributed by atoms with Crippen molar-refractivity contribution >= 4 is 44.0 Å². The Hall–Kier alpha value is -3.15. The molecule has 0 atom stereocenters. The molecule has 11 heteroatoms. The molecule has 0 radical (unpaired) electrons. The van der Waals surface area contributed by atoms with Crippen LogP contribution in [-0.2, 0) is 27.9 Å². The van der Waals surface area contributed by atoms with Crippen LogP contribution in [-0.4, -0.2) is 61.0 Å². The maximum Gasteiger partial charge on any atom is 0.257 e. The maximum absolute atomic E-state index is 13.6. The Balaban J connectivity index is 1.32. The summed E-state index contributed by atoms with van der Waals surface area (Å²) >= 11 is 0. The van der Waals surface area contributed by atoms with Gasteiger partial charge >= 0.3 is 0 Å². The molecule has 37 heavy (non-hydrogen) atoms. The van der Waals surface area contributed by atoms with Gasteiger partial charge in [0.25, 0.3) is 5.91 Å². The molecular weight excluding hydrogens is 494 g/mol. The third kappa shape index (κ3) is 4.78. The van der Waals surface area contributed by atoms with Gasteiger partial charge in [0.2, 0.25) is 10.0 Å². The summed E-state index contributed by atoms with van der Waals surface area (Å²) in [5.41, 5.74) is 4.53. The number of carbonyl (C=O) groups excluding carboxylic acids is 1. The molecule has 3 aliphatic rings. The van der Waals surface area contributed by atoms with Crippen molar-refractivity contribution in [2.75, 3.05) is 47.0 Å². The molecule has 4 heterocycles. The van der Waals surface area contributed by atoms with E-state index in [1.807, 2.05) is 6.07 Å². The van der Waals surface area contributed by atoms with Crippen LogP contribution in [0.15, 0.2) is 36.5 Å². The first kappa shape index (κ1) is 24.2. The molecular formula is C26H31N5O5S. The zero-order valence-electron chi connectivity index (χ0n) is 20.6. The molecule has 10 nitrogen and oxygen atoms in total. The summed E-state index contributed by atoms with van der Waals surface area (Å²) in [7, 11) is -3.69. The molecule has 3 aromatic rings. The SMILES string of the molecule is O=C(Nc1ccnc2c1cc1n2CCOC1)c1ccc(NS(=O)(=O)CCO)cc1N1CCC2(CC1)CC2. The Morgan fingerprint density at radius 3 is 2.68 bits per heavy atom. The van der Waals surface area contributed by atoms with Crippen LogP contribution in [0.3, 0.4) is 0 Å². The highest BCUT2D eigenvalue weighted by atomic mass is 32.2. The molecule has 1 aliphatic carbocycles. The van der Waals surface area contributed by atoms with E-state index in [-0.39, 0.29) is 11.7 Å². The second-order valence-corrected chi connectivity index (χ2v) is 12.1. The third-order valence-corrected chi connectivity index (χ3v) is 9.10. The van der Waals surface area contributed by atoms with Crippen LogP contribution in [0.4, 0.5) is 17.1 Å². The zero-order valence-corrected chi connectivity index (χ0v) is 21.4. The number of rotatable bonds is 7. The fourth-order valence-corrected chi connectivity index (χ4v) is 6.33. The van der Waals surface area contributed by atoms with Crippen LogP contribution in [0.25, 0.3) is 11.0 Å². The van der Waals surface area contributed by atoms with Crippen molar-refractivity contribution in [3.63, 3.8) is 0 Å². The van der Waals surface area contributed by atoms with Crippen LogP contribution in [0.5, 0.6) is 0 Å². The van der Waals surface area contributed by atoms with Crippen molar-refractivity contribution in [3.05, 3.63) is 47.8 Å². The number of nitrogens with one attached hydrogen (secondary N) is 2. The molecule has 0 unspecified atom stereocenters. The lowest BCUT2D eigenvalue weighted by molar-refractivity contribution is 0.0863. The van der Waals surface area contributed by atoms with Crippen LogP contribution in [0.2, 0.25) is 0 Å². The number of aromatic nitrogens is 2. The zero-order chi connectivity index (χ0) is 25.6. The number of amides is 1. The Morgan fingerprint density at radius 2 is 1.92 bits per heavy atom. The average Bonchev–Trinajstić information content (AvgIpc) is 3.52. The molecule has 2 aliphatic heterocycles. The van der Waals surface area contributed by atoms with Crippen LogP contribution >= 0.6 is 0 Å². The first-order valence-corrected chi connectivity index (χ1v) is 14.4. The van der Waals surface area contributed by atoms with E-state index in [1.54, 1.807) is 30.5 Å². The Bertz CT molecular complexity index is 1450. The van der Waals surface area contributed by atoms with Gasteiger partial charge in [0.15, 0.2) is 0 Å². The number of sulfonamides is 1. The Kier molecular flexibility index (Phi) is 6.09. The number of aliphatic hydroxyl groups excluding tert-OH is 1. The molecule has 1 spiro atoms. The Labute approximate surface area is 215 Å². The number of aliphatic hydroxyl groups is 1. The summed E-state index contributed by atoms with van der Waals surface area (Å²) < 4.78 is 34.8. The fraction of sp³-hybridized carbons (Fsp3) is 0.462. The van der Waals surface area contributed by atoms with Gasteiger partial charge in [-0.2, -0.15) is 0 Å². The highest BCUT2D eigenvalue weighted by Gasteiger charge is 2.44. The molecule has 2 aromatic heterocycles. The van der Waals surface area contributed by atoms with Gasteiger partial charge in [0.1, 0.15) is 5.65 Å². The average molecular weight is 526 g/mol. The number of nitrogens with zero attached hydrogens (tertiary/aromatic N) is 3. The monoisotopic (exact) mass is 525 g/mol. The second kappa shape index (κ2) is 9.30. The van der Waals surface area contributed by atoms with E-state index in [9.17, 15) is 13.2 Å². The van der Waals surface area contributed by atoms with Gasteiger partial charge in [0, 0.05) is 36.9 Å². The highest BCUT2D eigenvalue weighted by molar-refractivity contribution is 7.92. The lowest BCUT2D eigenvalue weighted by Crippen LogP contribution is -2.35. The lowest BCUT2D eigenvalue weighted by atomic mass is 9.93. The molecule has 0 bridgehead atoms. The molecule has 1 saturated carbocycles. The number of ether oxygens (including phenoxy) is 1. The van der Waals surface area contributed by atoms with Gasteiger partial charge < -0.3 is 24.6 Å². The number of carbonyl (C=O) groups is 1. The standard InChI is InChI=1S/C26H31N5O5S/c32-12-14-37(34,35)29-18-1-2-20(23(15-18)30-9-6-26(4-5-26)7-10-30)25(33)28-22-3-8-27-24-21(22)16-19-17-36-13-11-31(19)24/h1-3,8,15-16,29,32H,4-7,9-14,17H2,(H,27,28,33). The molecule has 1 saturated heterocycles. The minimum atomic E-state index is -3.69. The van der Waals surface area contributed by atoms with E-state index in [4.69, 9.17) is 9.84 Å². The molecule has 3 N–H and O–H groups in total. The Morgan fingerprint density at radius 1 is 1.11 bits per heavy atom. The number of pyridine rings is 1. The van der Waals surface area contributed by atoms with Gasteiger partial charge in [-0.3, -0.25) is 9.52 Å². The van der Waals surface area contributed by atoms with Crippen LogP contribution in [0, 0.1) is 5.41 Å². The summed E-state index contributed by atoms with van der Waals surface area (Å²) in [6.45, 7) is 3.03. The first-order valence-electron chi connectivity index (χ1n) is 12.7. The second-order valence-electron chi connectivity index (χ2n) is 10.3. The number of piperidine rings is 1. The molecule has 1 amide bonds. The minimum Gasteiger partial charge on any atom is -0.395 e. The van der Waals surface area contributed by atoms with Crippen LogP contribution < -0.4 is 14.9 Å². The van der Waals surface area contributed by atoms with Gasteiger partial charge in [0.05, 0.1) is 48.2 Å². The van der Waals surface area contributed by atoms with Crippen molar-refractivity contribution in [3.8, 4) is 0 Å². The quantitative estimate of drug-likeness (QED) is 0.433. The molecule has 6 rings (SSSR count). The van der Waals surface area contributed by atoms with E-state index < -0.39 is 16.6 Å². The summed E-state index contributed by atoms with van der Waals surface area (Å²) in [5, 5.41) is 13.0. The number of hydrogen-bond donors (Lipinski definition) is 3. The van der Waals surface area contributed by atoms with Crippen molar-refractivity contribution in [2.24, 2.45) is 5.41 Å². The number of benzene rings is 1. The number of fused-ring (bicyclic) bond motifs is 3. The van der Waals surface area contributed by atoms with Crippen molar-refractivity contribution in [1.29, 1.82) is 0 Å². The first-order chi connectivity index (χ1) is 17.9. The van der Waals surface area contributed by atoms with Crippen molar-refractivity contribution < 1.29 is 23.1 Å². The number of anilines is 3. The van der Waals surface area contributed by atoms with Gasteiger partial charge in [-0.25, -0.2) is 13.4 Å². The smallest absolute Gasteiger partial charge is 0.257 e. The van der Waals surface area contributed by atoms with Gasteiger partial charge in [-0.1, -0.05) is 0 Å². The van der Waals surface area contributed by atoms with E-state index in [0.29, 0.717) is 41.3 Å². The normalized spacial score (nSPS) is 18.6. The minimum absolute atomic E-state index is 0.264. The third-order valence-electron chi connectivity index (χ3n) is 7.84. The predicted molar refractivity (Wildman–Crippen MR) is 141 cm³/mol.